The molecule has 1 heterocycles. The molecule has 1 aliphatic rings. The number of sulfonamides is 2. The average molecular weight is 493 g/mol. The first-order chi connectivity index (χ1) is 12.1. The highest BCUT2D eigenvalue weighted by atomic mass is 79.9. The first kappa shape index (κ1) is 22.0. The third-order valence-electron chi connectivity index (χ3n) is 3.92. The molecule has 1 aromatic carbocycles. The molecule has 0 N–H and O–H groups in total. The van der Waals surface area contributed by atoms with Gasteiger partial charge in [0.1, 0.15) is 6.04 Å². The van der Waals surface area contributed by atoms with E-state index in [2.05, 4.69) is 15.9 Å². The van der Waals surface area contributed by atoms with Gasteiger partial charge in [0.15, 0.2) is 0 Å². The van der Waals surface area contributed by atoms with Crippen LogP contribution in [0.4, 0.5) is 18.9 Å². The molecule has 1 aromatic rings. The van der Waals surface area contributed by atoms with Crippen molar-refractivity contribution in [2.45, 2.75) is 32.1 Å². The molecule has 152 valence electrons. The van der Waals surface area contributed by atoms with E-state index in [0.29, 0.717) is 17.4 Å². The van der Waals surface area contributed by atoms with Gasteiger partial charge >= 0.3 is 6.18 Å². The van der Waals surface area contributed by atoms with Crippen LogP contribution in [0.25, 0.3) is 0 Å². The third kappa shape index (κ3) is 4.24. The van der Waals surface area contributed by atoms with Crippen LogP contribution in [0.1, 0.15) is 29.3 Å². The molecule has 0 aromatic heterocycles. The number of hydrogen-bond acceptors (Lipinski definition) is 5. The monoisotopic (exact) mass is 492 g/mol. The highest BCUT2D eigenvalue weighted by molar-refractivity contribution is 9.10. The van der Waals surface area contributed by atoms with Gasteiger partial charge in [0.2, 0.25) is 20.0 Å². The number of rotatable bonds is 5. The van der Waals surface area contributed by atoms with Crippen molar-refractivity contribution < 1.29 is 34.8 Å². The van der Waals surface area contributed by atoms with E-state index in [1.54, 1.807) is 0 Å². The molecule has 0 radical (unpaired) electrons. The Morgan fingerprint density at radius 3 is 2.11 bits per heavy atom. The Morgan fingerprint density at radius 2 is 1.70 bits per heavy atom. The average Bonchev–Trinajstić information content (AvgIpc) is 2.71. The molecule has 0 bridgehead atoms. The van der Waals surface area contributed by atoms with Crippen molar-refractivity contribution in [1.29, 1.82) is 0 Å². The van der Waals surface area contributed by atoms with Gasteiger partial charge in [0, 0.05) is 11.0 Å². The largest absolute Gasteiger partial charge is 0.408 e. The van der Waals surface area contributed by atoms with Crippen molar-refractivity contribution in [3.05, 3.63) is 27.7 Å². The maximum Gasteiger partial charge on any atom is 0.408 e. The van der Waals surface area contributed by atoms with Gasteiger partial charge in [-0.15, -0.1) is 0 Å². The number of carbonyl (C=O) groups excluding carboxylic acids is 1. The van der Waals surface area contributed by atoms with Gasteiger partial charge < -0.3 is 4.90 Å². The minimum atomic E-state index is -4.68. The molecule has 1 aliphatic heterocycles. The molecule has 13 heteroatoms. The number of alkyl halides is 3. The van der Waals surface area contributed by atoms with Gasteiger partial charge in [-0.25, -0.2) is 16.8 Å². The van der Waals surface area contributed by atoms with Crippen LogP contribution in [0.5, 0.6) is 0 Å². The Balaban J connectivity index is 2.73. The summed E-state index contributed by atoms with van der Waals surface area (Å²) in [4.78, 5) is 13.3. The summed E-state index contributed by atoms with van der Waals surface area (Å²) in [5, 5.41) is 0. The summed E-state index contributed by atoms with van der Waals surface area (Å²) >= 11 is 3.08. The Kier molecular flexibility index (Phi) is 5.63. The van der Waals surface area contributed by atoms with Gasteiger partial charge in [-0.05, 0) is 24.1 Å². The summed E-state index contributed by atoms with van der Waals surface area (Å²) in [6, 6.07) is 0.369. The lowest BCUT2D eigenvalue weighted by Gasteiger charge is -2.29. The zero-order valence-electron chi connectivity index (χ0n) is 14.4. The molecule has 7 nitrogen and oxygen atoms in total. The molecule has 27 heavy (non-hydrogen) atoms. The fourth-order valence-electron chi connectivity index (χ4n) is 3.05. The van der Waals surface area contributed by atoms with Crippen molar-refractivity contribution in [2.75, 3.05) is 16.2 Å². The van der Waals surface area contributed by atoms with Crippen LogP contribution in [-0.4, -0.2) is 52.4 Å². The Labute approximate surface area is 163 Å². The van der Waals surface area contributed by atoms with Crippen LogP contribution >= 0.6 is 15.9 Å². The summed E-state index contributed by atoms with van der Waals surface area (Å²) in [5.41, 5.74) is -0.782. The topological polar surface area (TPSA) is 91.8 Å². The molecule has 0 aliphatic carbocycles. The summed E-state index contributed by atoms with van der Waals surface area (Å²) in [6.07, 6.45) is -3.83. The first-order valence-corrected chi connectivity index (χ1v) is 12.0. The van der Waals surface area contributed by atoms with Gasteiger partial charge in [-0.2, -0.15) is 16.9 Å². The highest BCUT2D eigenvalue weighted by Gasteiger charge is 2.48. The van der Waals surface area contributed by atoms with Crippen LogP contribution in [0.15, 0.2) is 16.6 Å². The van der Waals surface area contributed by atoms with Gasteiger partial charge in [-0.3, -0.25) is 4.79 Å². The molecular formula is C14H16BrF3N2O5S2. The van der Waals surface area contributed by atoms with Crippen molar-refractivity contribution in [1.82, 2.24) is 4.90 Å². The molecule has 1 atom stereocenters. The van der Waals surface area contributed by atoms with Crippen molar-refractivity contribution in [3.8, 4) is 0 Å². The number of benzene rings is 1. The van der Waals surface area contributed by atoms with Crippen molar-refractivity contribution in [3.63, 3.8) is 0 Å². The molecule has 2 rings (SSSR count). The zero-order chi connectivity index (χ0) is 20.9. The molecule has 0 saturated heterocycles. The highest BCUT2D eigenvalue weighted by Crippen LogP contribution is 2.40. The SMILES string of the molecule is CC[C@H](N1Cc2cc(Br)cc(N(S(C)(=O)=O)S(C)(=O)=O)c2C1=O)C(F)(F)F. The second-order valence-electron chi connectivity index (χ2n) is 6.08. The minimum Gasteiger partial charge on any atom is -0.322 e. The van der Waals surface area contributed by atoms with E-state index in [4.69, 9.17) is 0 Å². The lowest BCUT2D eigenvalue weighted by molar-refractivity contribution is -0.177. The Hall–Kier alpha value is -1.34. The number of amides is 1. The molecular weight excluding hydrogens is 477 g/mol. The van der Waals surface area contributed by atoms with Crippen molar-refractivity contribution >= 4 is 47.6 Å². The standard InChI is InChI=1S/C14H16BrF3N2O5S2/c1-4-11(14(16,17)18)19-7-8-5-9(15)6-10(12(8)13(19)21)20(26(2,22)23)27(3,24)25/h5-6,11H,4,7H2,1-3H3/t11-/m0/s1. The summed E-state index contributed by atoms with van der Waals surface area (Å²) in [6.45, 7) is 0.852. The molecule has 0 saturated carbocycles. The predicted molar refractivity (Wildman–Crippen MR) is 96.3 cm³/mol. The number of fused-ring (bicyclic) bond motifs is 1. The number of halogens is 4. The molecule has 0 fully saturated rings. The van der Waals surface area contributed by atoms with Gasteiger partial charge in [-0.1, -0.05) is 22.9 Å². The quantitative estimate of drug-likeness (QED) is 0.629. The number of carbonyl (C=O) groups is 1. The van der Waals surface area contributed by atoms with Crippen LogP contribution in [0.3, 0.4) is 0 Å². The van der Waals surface area contributed by atoms with E-state index in [1.807, 2.05) is 0 Å². The van der Waals surface area contributed by atoms with Crippen LogP contribution in [-0.2, 0) is 26.6 Å². The fraction of sp³-hybridized carbons (Fsp3) is 0.500. The van der Waals surface area contributed by atoms with Crippen LogP contribution in [0, 0.1) is 0 Å². The maximum absolute atomic E-state index is 13.3. The zero-order valence-corrected chi connectivity index (χ0v) is 17.6. The third-order valence-corrected chi connectivity index (χ3v) is 7.60. The predicted octanol–water partition coefficient (Wildman–Crippen LogP) is 2.47. The van der Waals surface area contributed by atoms with E-state index in [-0.39, 0.29) is 19.3 Å². The van der Waals surface area contributed by atoms with Crippen molar-refractivity contribution in [2.24, 2.45) is 0 Å². The van der Waals surface area contributed by atoms with Crippen LogP contribution in [0.2, 0.25) is 0 Å². The summed E-state index contributed by atoms with van der Waals surface area (Å²) in [5.74, 6) is -1.08. The van der Waals surface area contributed by atoms with E-state index in [9.17, 15) is 34.8 Å². The first-order valence-electron chi connectivity index (χ1n) is 7.49. The van der Waals surface area contributed by atoms with Crippen LogP contribution < -0.4 is 3.71 Å². The Morgan fingerprint density at radius 1 is 1.19 bits per heavy atom. The molecule has 0 unspecified atom stereocenters. The van der Waals surface area contributed by atoms with E-state index in [1.165, 1.54) is 13.0 Å². The number of anilines is 1. The molecule has 1 amide bonds. The van der Waals surface area contributed by atoms with E-state index < -0.39 is 56.8 Å². The second kappa shape index (κ2) is 6.92. The van der Waals surface area contributed by atoms with E-state index >= 15 is 0 Å². The lowest BCUT2D eigenvalue weighted by atomic mass is 10.1. The lowest BCUT2D eigenvalue weighted by Crippen LogP contribution is -2.45. The minimum absolute atomic E-state index is 0.0551. The fourth-order valence-corrected chi connectivity index (χ4v) is 6.51. The summed E-state index contributed by atoms with van der Waals surface area (Å²) in [7, 11) is -8.76. The number of nitrogens with zero attached hydrogens (tertiary/aromatic N) is 2. The van der Waals surface area contributed by atoms with E-state index in [0.717, 1.165) is 6.07 Å². The van der Waals surface area contributed by atoms with Gasteiger partial charge in [0.25, 0.3) is 5.91 Å². The second-order valence-corrected chi connectivity index (χ2v) is 10.9. The Bertz CT molecular complexity index is 961. The number of hydrogen-bond donors (Lipinski definition) is 0. The summed E-state index contributed by atoms with van der Waals surface area (Å²) < 4.78 is 88.3. The van der Waals surface area contributed by atoms with Gasteiger partial charge in [0.05, 0.1) is 23.8 Å². The molecule has 0 spiro atoms. The normalized spacial score (nSPS) is 16.4. The smallest absolute Gasteiger partial charge is 0.322 e. The maximum atomic E-state index is 13.3.